The van der Waals surface area contributed by atoms with Crippen LogP contribution in [0.5, 0.6) is 0 Å². The van der Waals surface area contributed by atoms with Crippen LogP contribution in [0.15, 0.2) is 29.1 Å². The molecule has 1 aromatic heterocycles. The number of H-pyrrole nitrogens is 1. The molecule has 2 aliphatic rings. The van der Waals surface area contributed by atoms with Gasteiger partial charge in [-0.1, -0.05) is 0 Å². The predicted molar refractivity (Wildman–Crippen MR) is 92.9 cm³/mol. The summed E-state index contributed by atoms with van der Waals surface area (Å²) in [5.74, 6) is -0.536. The van der Waals surface area contributed by atoms with E-state index in [-0.39, 0.29) is 23.8 Å². The molecular formula is C18H19FN4O3. The number of piperazine rings is 2. The smallest absolute Gasteiger partial charge is 0.246 e. The van der Waals surface area contributed by atoms with E-state index in [1.165, 1.54) is 23.1 Å². The Labute approximate surface area is 149 Å². The summed E-state index contributed by atoms with van der Waals surface area (Å²) in [6.45, 7) is 2.13. The molecule has 1 aromatic carbocycles. The number of fused-ring (bicyclic) bond motifs is 2. The van der Waals surface area contributed by atoms with Gasteiger partial charge < -0.3 is 14.8 Å². The summed E-state index contributed by atoms with van der Waals surface area (Å²) in [4.78, 5) is 45.0. The number of pyridine rings is 1. The van der Waals surface area contributed by atoms with Crippen molar-refractivity contribution in [2.24, 2.45) is 0 Å². The first-order valence-corrected chi connectivity index (χ1v) is 8.50. The van der Waals surface area contributed by atoms with Crippen LogP contribution in [0, 0.1) is 5.82 Å². The fourth-order valence-corrected chi connectivity index (χ4v) is 3.72. The fraction of sp³-hybridized carbons (Fsp3) is 0.389. The van der Waals surface area contributed by atoms with Crippen molar-refractivity contribution in [1.29, 1.82) is 0 Å². The maximum atomic E-state index is 13.3. The van der Waals surface area contributed by atoms with Crippen molar-refractivity contribution in [3.63, 3.8) is 0 Å². The number of likely N-dealkylation sites (N-methyl/N-ethyl adjacent to an activating group) is 1. The lowest BCUT2D eigenvalue weighted by atomic mass is 10.1. The van der Waals surface area contributed by atoms with Crippen molar-refractivity contribution in [3.8, 4) is 0 Å². The number of aromatic amines is 1. The second-order valence-corrected chi connectivity index (χ2v) is 6.88. The molecule has 2 fully saturated rings. The Morgan fingerprint density at radius 1 is 1.19 bits per heavy atom. The molecule has 2 aliphatic heterocycles. The van der Waals surface area contributed by atoms with Crippen LogP contribution in [0.25, 0.3) is 10.9 Å². The predicted octanol–water partition coefficient (Wildman–Crippen LogP) is 0.152. The number of amides is 2. The maximum absolute atomic E-state index is 13.3. The number of rotatable bonds is 2. The molecule has 0 radical (unpaired) electrons. The number of nitrogens with one attached hydrogen (secondary N) is 1. The van der Waals surface area contributed by atoms with Gasteiger partial charge in [0.05, 0.1) is 6.54 Å². The summed E-state index contributed by atoms with van der Waals surface area (Å²) in [6, 6.07) is 5.07. The maximum Gasteiger partial charge on any atom is 0.246 e. The van der Waals surface area contributed by atoms with Gasteiger partial charge in [-0.2, -0.15) is 0 Å². The van der Waals surface area contributed by atoms with E-state index in [0.717, 1.165) is 0 Å². The molecule has 0 aliphatic carbocycles. The van der Waals surface area contributed by atoms with Crippen LogP contribution in [-0.2, 0) is 16.1 Å². The molecule has 2 saturated heterocycles. The van der Waals surface area contributed by atoms with Crippen LogP contribution < -0.4 is 5.43 Å². The van der Waals surface area contributed by atoms with Crippen LogP contribution in [0.3, 0.4) is 0 Å². The molecule has 0 spiro atoms. The van der Waals surface area contributed by atoms with Crippen molar-refractivity contribution in [3.05, 3.63) is 46.0 Å². The zero-order valence-electron chi connectivity index (χ0n) is 14.4. The first-order valence-electron chi connectivity index (χ1n) is 8.50. The van der Waals surface area contributed by atoms with Gasteiger partial charge in [0.2, 0.25) is 11.8 Å². The highest BCUT2D eigenvalue weighted by Gasteiger charge is 2.41. The summed E-state index contributed by atoms with van der Waals surface area (Å²) >= 11 is 0. The average Bonchev–Trinajstić information content (AvgIpc) is 2.60. The molecule has 3 heterocycles. The van der Waals surface area contributed by atoms with Gasteiger partial charge >= 0.3 is 0 Å². The van der Waals surface area contributed by atoms with Gasteiger partial charge in [-0.15, -0.1) is 0 Å². The first kappa shape index (κ1) is 16.7. The second-order valence-electron chi connectivity index (χ2n) is 6.88. The number of benzene rings is 1. The molecule has 1 N–H and O–H groups in total. The molecule has 2 amide bonds. The minimum absolute atomic E-state index is 0.0297. The number of hydrogen-bond donors (Lipinski definition) is 1. The molecule has 4 rings (SSSR count). The molecule has 0 saturated carbocycles. The lowest BCUT2D eigenvalue weighted by molar-refractivity contribution is -0.158. The van der Waals surface area contributed by atoms with Gasteiger partial charge in [0, 0.05) is 55.9 Å². The molecule has 1 atom stereocenters. The SMILES string of the molecule is CN1CC(=O)N2CCN(Cc3cc(=O)c4cc(F)ccc4[nH]3)C[C@H]2C1=O. The number of halogens is 1. The zero-order valence-corrected chi connectivity index (χ0v) is 14.4. The van der Waals surface area contributed by atoms with Crippen LogP contribution in [-0.4, -0.2) is 70.8 Å². The topological polar surface area (TPSA) is 76.7 Å². The Balaban J connectivity index is 1.56. The Bertz CT molecular complexity index is 957. The lowest BCUT2D eigenvalue weighted by Crippen LogP contribution is -2.65. The molecule has 136 valence electrons. The van der Waals surface area contributed by atoms with E-state index in [1.807, 2.05) is 4.90 Å². The Morgan fingerprint density at radius 3 is 2.81 bits per heavy atom. The highest BCUT2D eigenvalue weighted by atomic mass is 19.1. The van der Waals surface area contributed by atoms with E-state index < -0.39 is 11.9 Å². The minimum Gasteiger partial charge on any atom is -0.357 e. The third-order valence-electron chi connectivity index (χ3n) is 5.06. The highest BCUT2D eigenvalue weighted by molar-refractivity contribution is 5.95. The number of carbonyl (C=O) groups excluding carboxylic acids is 2. The number of aromatic nitrogens is 1. The summed E-state index contributed by atoms with van der Waals surface area (Å²) in [5, 5.41) is 0.313. The Morgan fingerprint density at radius 2 is 2.00 bits per heavy atom. The quantitative estimate of drug-likeness (QED) is 0.829. The van der Waals surface area contributed by atoms with Crippen molar-refractivity contribution in [2.45, 2.75) is 12.6 Å². The number of hydrogen-bond acceptors (Lipinski definition) is 4. The summed E-state index contributed by atoms with van der Waals surface area (Å²) in [6.07, 6.45) is 0. The zero-order chi connectivity index (χ0) is 18.4. The van der Waals surface area contributed by atoms with Crippen LogP contribution in [0.2, 0.25) is 0 Å². The number of nitrogens with zero attached hydrogens (tertiary/aromatic N) is 3. The lowest BCUT2D eigenvalue weighted by Gasteiger charge is -2.45. The van der Waals surface area contributed by atoms with Gasteiger partial charge in [-0.3, -0.25) is 19.3 Å². The van der Waals surface area contributed by atoms with E-state index in [4.69, 9.17) is 0 Å². The van der Waals surface area contributed by atoms with Crippen LogP contribution >= 0.6 is 0 Å². The van der Waals surface area contributed by atoms with Crippen molar-refractivity contribution in [2.75, 3.05) is 33.2 Å². The van der Waals surface area contributed by atoms with Crippen molar-refractivity contribution in [1.82, 2.24) is 19.7 Å². The van der Waals surface area contributed by atoms with E-state index in [2.05, 4.69) is 4.98 Å². The Hall–Kier alpha value is -2.74. The summed E-state index contributed by atoms with van der Waals surface area (Å²) in [7, 11) is 1.64. The average molecular weight is 358 g/mol. The van der Waals surface area contributed by atoms with E-state index in [1.54, 1.807) is 18.0 Å². The summed E-state index contributed by atoms with van der Waals surface area (Å²) < 4.78 is 13.3. The second kappa shape index (κ2) is 6.21. The molecule has 2 aromatic rings. The van der Waals surface area contributed by atoms with Crippen molar-refractivity contribution >= 4 is 22.7 Å². The molecule has 26 heavy (non-hydrogen) atoms. The molecular weight excluding hydrogens is 339 g/mol. The molecule has 8 heteroatoms. The third-order valence-corrected chi connectivity index (χ3v) is 5.06. The monoisotopic (exact) mass is 358 g/mol. The molecule has 0 unspecified atom stereocenters. The van der Waals surface area contributed by atoms with Gasteiger partial charge in [0.15, 0.2) is 5.43 Å². The van der Waals surface area contributed by atoms with Crippen molar-refractivity contribution < 1.29 is 14.0 Å². The van der Waals surface area contributed by atoms with Gasteiger partial charge in [-0.05, 0) is 18.2 Å². The van der Waals surface area contributed by atoms with Crippen LogP contribution in [0.1, 0.15) is 5.69 Å². The molecule has 0 bridgehead atoms. The third kappa shape index (κ3) is 2.86. The largest absolute Gasteiger partial charge is 0.357 e. The Kier molecular flexibility index (Phi) is 3.99. The van der Waals surface area contributed by atoms with E-state index in [0.29, 0.717) is 42.8 Å². The van der Waals surface area contributed by atoms with E-state index >= 15 is 0 Å². The van der Waals surface area contributed by atoms with Crippen LogP contribution in [0.4, 0.5) is 4.39 Å². The highest BCUT2D eigenvalue weighted by Crippen LogP contribution is 2.19. The van der Waals surface area contributed by atoms with Gasteiger partial charge in [0.1, 0.15) is 11.9 Å². The standard InChI is InChI=1S/C18H19FN4O3/c1-21-10-17(25)23-5-4-22(9-15(23)18(21)26)8-12-7-16(24)13-6-11(19)2-3-14(13)20-12/h2-3,6-7,15H,4-5,8-10H2,1H3,(H,20,24)/t15-/m0/s1. The van der Waals surface area contributed by atoms with Gasteiger partial charge in [-0.25, -0.2) is 4.39 Å². The van der Waals surface area contributed by atoms with E-state index in [9.17, 15) is 18.8 Å². The summed E-state index contributed by atoms with van der Waals surface area (Å²) in [5.41, 5.74) is 1.04. The number of carbonyl (C=O) groups is 2. The van der Waals surface area contributed by atoms with Gasteiger partial charge in [0.25, 0.3) is 0 Å². The minimum atomic E-state index is -0.476. The fourth-order valence-electron chi connectivity index (χ4n) is 3.72. The first-order chi connectivity index (χ1) is 12.4. The molecule has 7 nitrogen and oxygen atoms in total. The normalized spacial score (nSPS) is 21.4.